The lowest BCUT2D eigenvalue weighted by Gasteiger charge is -1.88. The predicted octanol–water partition coefficient (Wildman–Crippen LogP) is 1.22. The Bertz CT molecular complexity index is 110. The number of ether oxygens (including phenoxy) is 1. The largest absolute Gasteiger partial charge is 0.388 e. The quantitative estimate of drug-likeness (QED) is 0.438. The lowest BCUT2D eigenvalue weighted by Crippen LogP contribution is -2.01. The molecule has 1 aliphatic heterocycles. The Morgan fingerprint density at radius 1 is 1.78 bits per heavy atom. The van der Waals surface area contributed by atoms with Gasteiger partial charge in [0, 0.05) is 6.04 Å². The molecule has 0 aliphatic carbocycles. The molecule has 0 spiro atoms. The van der Waals surface area contributed by atoms with Gasteiger partial charge in [0.2, 0.25) is 0 Å². The number of hydrogen-bond acceptors (Lipinski definition) is 2. The summed E-state index contributed by atoms with van der Waals surface area (Å²) >= 11 is 0. The van der Waals surface area contributed by atoms with Gasteiger partial charge in [0.1, 0.15) is 0 Å². The van der Waals surface area contributed by atoms with Crippen LogP contribution in [0, 0.1) is 0 Å². The molecule has 0 N–H and O–H groups in total. The number of epoxide rings is 1. The maximum Gasteiger partial charge on any atom is 0.279 e. The summed E-state index contributed by atoms with van der Waals surface area (Å²) in [5.41, 5.74) is 0. The highest BCUT2D eigenvalue weighted by Gasteiger charge is 2.25. The zero-order chi connectivity index (χ0) is 6.69. The van der Waals surface area contributed by atoms with E-state index in [4.69, 9.17) is 4.74 Å². The minimum absolute atomic E-state index is 0.364. The van der Waals surface area contributed by atoms with Crippen molar-refractivity contribution in [2.24, 2.45) is 0 Å². The Hall–Kier alpha value is -0.0231. The molecule has 1 saturated heterocycles. The van der Waals surface area contributed by atoms with Crippen LogP contribution in [0.2, 0.25) is 12.1 Å². The molecule has 0 amide bonds. The molecule has 1 aliphatic rings. The molecule has 0 bridgehead atoms. The molecule has 1 rings (SSSR count). The fourth-order valence-electron chi connectivity index (χ4n) is 0.821. The Morgan fingerprint density at radius 3 is 2.89 bits per heavy atom. The van der Waals surface area contributed by atoms with Gasteiger partial charge in [-0.05, 0) is 6.04 Å². The van der Waals surface area contributed by atoms with Gasteiger partial charge in [-0.25, -0.2) is 0 Å². The molecule has 0 radical (unpaired) electrons. The van der Waals surface area contributed by atoms with Gasteiger partial charge in [-0.3, -0.25) is 0 Å². The van der Waals surface area contributed by atoms with Gasteiger partial charge in [-0.1, -0.05) is 13.3 Å². The molecular formula is C6H12O2Si. The fraction of sp³-hybridized carbons (Fsp3) is 1.00. The second-order valence-electron chi connectivity index (χ2n) is 2.45. The maximum absolute atomic E-state index is 11.0. The zero-order valence-electron chi connectivity index (χ0n) is 5.72. The van der Waals surface area contributed by atoms with E-state index in [1.54, 1.807) is 0 Å². The summed E-state index contributed by atoms with van der Waals surface area (Å²) in [6.45, 7) is 2.91. The fourth-order valence-corrected chi connectivity index (χ4v) is 2.33. The van der Waals surface area contributed by atoms with E-state index < -0.39 is 8.68 Å². The van der Waals surface area contributed by atoms with E-state index in [2.05, 4.69) is 6.92 Å². The van der Waals surface area contributed by atoms with Crippen LogP contribution in [0.4, 0.5) is 0 Å². The number of hydrogen-bond donors (Lipinski definition) is 0. The van der Waals surface area contributed by atoms with Crippen LogP contribution >= 0.6 is 0 Å². The highest BCUT2D eigenvalue weighted by molar-refractivity contribution is 6.42. The highest BCUT2D eigenvalue weighted by Crippen LogP contribution is 2.15. The van der Waals surface area contributed by atoms with Crippen LogP contribution in [-0.2, 0) is 9.20 Å². The molecule has 1 atom stereocenters. The average Bonchev–Trinajstić information content (AvgIpc) is 2.50. The summed E-state index contributed by atoms with van der Waals surface area (Å²) in [6.07, 6.45) is 1.41. The molecule has 0 aromatic heterocycles. The van der Waals surface area contributed by atoms with Crippen molar-refractivity contribution < 1.29 is 9.20 Å². The molecule has 1 unspecified atom stereocenters. The maximum atomic E-state index is 11.0. The van der Waals surface area contributed by atoms with Gasteiger partial charge in [-0.2, -0.15) is 0 Å². The van der Waals surface area contributed by atoms with Crippen molar-refractivity contribution in [2.75, 3.05) is 6.61 Å². The van der Waals surface area contributed by atoms with E-state index in [1.165, 1.54) is 0 Å². The van der Waals surface area contributed by atoms with Gasteiger partial charge in [0.05, 0.1) is 12.7 Å². The topological polar surface area (TPSA) is 29.6 Å². The minimum atomic E-state index is -1.25. The normalized spacial score (nSPS) is 23.9. The number of rotatable bonds is 4. The minimum Gasteiger partial charge on any atom is -0.388 e. The standard InChI is InChI=1S/C6H12O2Si/c1-2-3-9(7)5-6-4-8-6/h6H,2-5H2,1H3. The summed E-state index contributed by atoms with van der Waals surface area (Å²) in [4.78, 5) is 0. The molecule has 0 aromatic carbocycles. The van der Waals surface area contributed by atoms with Gasteiger partial charge in [0.25, 0.3) is 8.68 Å². The van der Waals surface area contributed by atoms with Crippen molar-refractivity contribution >= 4 is 8.68 Å². The average molecular weight is 144 g/mol. The van der Waals surface area contributed by atoms with Crippen LogP contribution in [0.25, 0.3) is 0 Å². The summed E-state index contributed by atoms with van der Waals surface area (Å²) in [5, 5.41) is 0. The Balaban J connectivity index is 2.02. The summed E-state index contributed by atoms with van der Waals surface area (Å²) < 4.78 is 15.9. The van der Waals surface area contributed by atoms with E-state index in [0.717, 1.165) is 25.1 Å². The van der Waals surface area contributed by atoms with E-state index >= 15 is 0 Å². The monoisotopic (exact) mass is 144 g/mol. The second kappa shape index (κ2) is 3.22. The molecule has 9 heavy (non-hydrogen) atoms. The third kappa shape index (κ3) is 2.86. The first-order chi connectivity index (χ1) is 4.33. The Kier molecular flexibility index (Phi) is 2.54. The zero-order valence-corrected chi connectivity index (χ0v) is 6.72. The van der Waals surface area contributed by atoms with Gasteiger partial charge in [0.15, 0.2) is 0 Å². The third-order valence-electron chi connectivity index (χ3n) is 1.39. The van der Waals surface area contributed by atoms with Crippen molar-refractivity contribution in [1.29, 1.82) is 0 Å². The van der Waals surface area contributed by atoms with Gasteiger partial charge in [-0.15, -0.1) is 0 Å². The van der Waals surface area contributed by atoms with Crippen molar-refractivity contribution in [2.45, 2.75) is 31.5 Å². The first-order valence-electron chi connectivity index (χ1n) is 3.46. The van der Waals surface area contributed by atoms with Crippen molar-refractivity contribution in [1.82, 2.24) is 0 Å². The lowest BCUT2D eigenvalue weighted by atomic mass is 10.6. The van der Waals surface area contributed by atoms with Crippen LogP contribution < -0.4 is 0 Å². The van der Waals surface area contributed by atoms with Crippen LogP contribution in [0.1, 0.15) is 13.3 Å². The van der Waals surface area contributed by atoms with Crippen LogP contribution in [-0.4, -0.2) is 21.4 Å². The van der Waals surface area contributed by atoms with E-state index in [0.29, 0.717) is 6.10 Å². The Morgan fingerprint density at radius 2 is 2.44 bits per heavy atom. The van der Waals surface area contributed by atoms with E-state index in [1.807, 2.05) is 0 Å². The SMILES string of the molecule is CCC[Si](=O)CC1CO1. The second-order valence-corrected chi connectivity index (χ2v) is 4.43. The first kappa shape index (κ1) is 7.09. The van der Waals surface area contributed by atoms with Crippen molar-refractivity contribution in [3.8, 4) is 0 Å². The van der Waals surface area contributed by atoms with Gasteiger partial charge >= 0.3 is 0 Å². The molecule has 1 fully saturated rings. The smallest absolute Gasteiger partial charge is 0.279 e. The summed E-state index contributed by atoms with van der Waals surface area (Å²) in [7, 11) is -1.25. The van der Waals surface area contributed by atoms with Crippen LogP contribution in [0.5, 0.6) is 0 Å². The summed E-state index contributed by atoms with van der Waals surface area (Å²) in [6, 6.07) is 1.74. The van der Waals surface area contributed by atoms with E-state index in [9.17, 15) is 4.46 Å². The molecule has 52 valence electrons. The molecule has 2 nitrogen and oxygen atoms in total. The Labute approximate surface area is 56.9 Å². The molecule has 0 saturated carbocycles. The van der Waals surface area contributed by atoms with Gasteiger partial charge < -0.3 is 9.20 Å². The van der Waals surface area contributed by atoms with Crippen molar-refractivity contribution in [3.05, 3.63) is 0 Å². The highest BCUT2D eigenvalue weighted by atomic mass is 28.3. The van der Waals surface area contributed by atoms with Crippen molar-refractivity contribution in [3.63, 3.8) is 0 Å². The molecular weight excluding hydrogens is 132 g/mol. The molecule has 1 heterocycles. The third-order valence-corrected chi connectivity index (χ3v) is 3.35. The first-order valence-corrected chi connectivity index (χ1v) is 5.28. The lowest BCUT2D eigenvalue weighted by molar-refractivity contribution is 0.418. The van der Waals surface area contributed by atoms with Crippen LogP contribution in [0.3, 0.4) is 0 Å². The summed E-state index contributed by atoms with van der Waals surface area (Å²) in [5.74, 6) is 0. The molecule has 0 aromatic rings. The van der Waals surface area contributed by atoms with E-state index in [-0.39, 0.29) is 0 Å². The predicted molar refractivity (Wildman–Crippen MR) is 36.1 cm³/mol. The van der Waals surface area contributed by atoms with Crippen LogP contribution in [0.15, 0.2) is 0 Å². The molecule has 3 heteroatoms.